The van der Waals surface area contributed by atoms with Gasteiger partial charge in [0.05, 0.1) is 23.5 Å². The quantitative estimate of drug-likeness (QED) is 0.363. The van der Waals surface area contributed by atoms with E-state index in [-0.39, 0.29) is 29.6 Å². The molecule has 7 heteroatoms. The lowest BCUT2D eigenvalue weighted by Crippen LogP contribution is -2.45. The third-order valence-electron chi connectivity index (χ3n) is 4.91. The molecule has 0 radical (unpaired) electrons. The molecular weight excluding hydrogens is 465 g/mol. The Morgan fingerprint density at radius 2 is 2.07 bits per heavy atom. The molecule has 1 aliphatic rings. The average molecular weight is 497 g/mol. The molecule has 28 heavy (non-hydrogen) atoms. The summed E-state index contributed by atoms with van der Waals surface area (Å²) in [5, 5.41) is 11.4. The van der Waals surface area contributed by atoms with Gasteiger partial charge in [0, 0.05) is 25.4 Å². The SMILES string of the molecule is CCNC(=NCc1ccccc1-n1nc(C)cc1C)NCC1(C)CCCO1.I. The third-order valence-corrected chi connectivity index (χ3v) is 4.91. The number of aromatic nitrogens is 2. The minimum atomic E-state index is -0.0994. The van der Waals surface area contributed by atoms with Crippen LogP contribution in [-0.2, 0) is 11.3 Å². The predicted octanol–water partition coefficient (Wildman–Crippen LogP) is 3.73. The maximum absolute atomic E-state index is 5.87. The van der Waals surface area contributed by atoms with E-state index in [2.05, 4.69) is 54.7 Å². The topological polar surface area (TPSA) is 63.5 Å². The van der Waals surface area contributed by atoms with E-state index in [1.165, 1.54) is 0 Å². The first-order chi connectivity index (χ1) is 13.0. The molecule has 1 aromatic carbocycles. The maximum Gasteiger partial charge on any atom is 0.191 e. The van der Waals surface area contributed by atoms with Gasteiger partial charge >= 0.3 is 0 Å². The zero-order chi connectivity index (χ0) is 19.3. The summed E-state index contributed by atoms with van der Waals surface area (Å²) in [6, 6.07) is 10.4. The van der Waals surface area contributed by atoms with Crippen LogP contribution >= 0.6 is 24.0 Å². The molecule has 154 valence electrons. The van der Waals surface area contributed by atoms with Gasteiger partial charge in [-0.3, -0.25) is 0 Å². The fourth-order valence-electron chi connectivity index (χ4n) is 3.48. The third kappa shape index (κ3) is 5.70. The molecule has 0 aliphatic carbocycles. The summed E-state index contributed by atoms with van der Waals surface area (Å²) in [7, 11) is 0. The van der Waals surface area contributed by atoms with Gasteiger partial charge in [0.25, 0.3) is 0 Å². The Morgan fingerprint density at radius 1 is 1.29 bits per heavy atom. The Labute approximate surface area is 185 Å². The molecule has 1 unspecified atom stereocenters. The number of aliphatic imine (C=N–C) groups is 1. The van der Waals surface area contributed by atoms with E-state index >= 15 is 0 Å². The van der Waals surface area contributed by atoms with Gasteiger partial charge in [0.15, 0.2) is 5.96 Å². The van der Waals surface area contributed by atoms with Gasteiger partial charge in [-0.1, -0.05) is 18.2 Å². The van der Waals surface area contributed by atoms with Crippen molar-refractivity contribution in [3.05, 3.63) is 47.3 Å². The molecule has 0 saturated carbocycles. The van der Waals surface area contributed by atoms with E-state index < -0.39 is 0 Å². The lowest BCUT2D eigenvalue weighted by Gasteiger charge is -2.24. The van der Waals surface area contributed by atoms with Crippen molar-refractivity contribution in [1.29, 1.82) is 0 Å². The van der Waals surface area contributed by atoms with Crippen molar-refractivity contribution in [3.8, 4) is 5.69 Å². The Balaban J connectivity index is 0.00000280. The number of nitrogens with zero attached hydrogens (tertiary/aromatic N) is 3. The van der Waals surface area contributed by atoms with Crippen LogP contribution in [0.3, 0.4) is 0 Å². The van der Waals surface area contributed by atoms with Crippen molar-refractivity contribution in [2.45, 2.75) is 52.7 Å². The molecule has 3 rings (SSSR count). The molecule has 1 atom stereocenters. The first kappa shape index (κ1) is 22.7. The van der Waals surface area contributed by atoms with Gasteiger partial charge in [-0.2, -0.15) is 5.10 Å². The highest BCUT2D eigenvalue weighted by atomic mass is 127. The predicted molar refractivity (Wildman–Crippen MR) is 125 cm³/mol. The van der Waals surface area contributed by atoms with Crippen molar-refractivity contribution in [2.24, 2.45) is 4.99 Å². The van der Waals surface area contributed by atoms with Crippen molar-refractivity contribution in [3.63, 3.8) is 0 Å². The number of halogens is 1. The molecule has 2 heterocycles. The molecule has 1 fully saturated rings. The molecule has 0 amide bonds. The van der Waals surface area contributed by atoms with Crippen molar-refractivity contribution in [1.82, 2.24) is 20.4 Å². The molecule has 6 nitrogen and oxygen atoms in total. The lowest BCUT2D eigenvalue weighted by atomic mass is 10.0. The second-order valence-electron chi connectivity index (χ2n) is 7.42. The van der Waals surface area contributed by atoms with E-state index in [9.17, 15) is 0 Å². The molecule has 1 saturated heterocycles. The van der Waals surface area contributed by atoms with Gasteiger partial charge in [-0.15, -0.1) is 24.0 Å². The highest BCUT2D eigenvalue weighted by Gasteiger charge is 2.29. The van der Waals surface area contributed by atoms with Crippen molar-refractivity contribution < 1.29 is 4.74 Å². The normalized spacial score (nSPS) is 19.4. The lowest BCUT2D eigenvalue weighted by molar-refractivity contribution is 0.0243. The smallest absolute Gasteiger partial charge is 0.191 e. The van der Waals surface area contributed by atoms with Crippen LogP contribution in [0.15, 0.2) is 35.3 Å². The number of ether oxygens (including phenoxy) is 1. The summed E-state index contributed by atoms with van der Waals surface area (Å²) in [6.07, 6.45) is 2.21. The largest absolute Gasteiger partial charge is 0.373 e. The minimum absolute atomic E-state index is 0. The highest BCUT2D eigenvalue weighted by Crippen LogP contribution is 2.24. The monoisotopic (exact) mass is 497 g/mol. The molecule has 2 aromatic rings. The zero-order valence-corrected chi connectivity index (χ0v) is 19.6. The summed E-state index contributed by atoms with van der Waals surface area (Å²) >= 11 is 0. The Morgan fingerprint density at radius 3 is 2.71 bits per heavy atom. The summed E-state index contributed by atoms with van der Waals surface area (Å²) in [4.78, 5) is 4.80. The van der Waals surface area contributed by atoms with E-state index in [4.69, 9.17) is 9.73 Å². The van der Waals surface area contributed by atoms with Crippen LogP contribution in [-0.4, -0.2) is 41.0 Å². The van der Waals surface area contributed by atoms with Gasteiger partial charge < -0.3 is 15.4 Å². The summed E-state index contributed by atoms with van der Waals surface area (Å²) in [5.41, 5.74) is 4.27. The first-order valence-electron chi connectivity index (χ1n) is 9.78. The average Bonchev–Trinajstić information content (AvgIpc) is 3.23. The van der Waals surface area contributed by atoms with E-state index in [1.54, 1.807) is 0 Å². The second kappa shape index (κ2) is 10.2. The summed E-state index contributed by atoms with van der Waals surface area (Å²) < 4.78 is 7.86. The molecule has 1 aliphatic heterocycles. The van der Waals surface area contributed by atoms with E-state index in [0.29, 0.717) is 6.54 Å². The van der Waals surface area contributed by atoms with Crippen LogP contribution < -0.4 is 10.6 Å². The Bertz CT molecular complexity index is 796. The minimum Gasteiger partial charge on any atom is -0.373 e. The fraction of sp³-hybridized carbons (Fsp3) is 0.524. The molecule has 1 aromatic heterocycles. The number of hydrogen-bond donors (Lipinski definition) is 2. The van der Waals surface area contributed by atoms with Crippen LogP contribution in [0.1, 0.15) is 43.6 Å². The van der Waals surface area contributed by atoms with Crippen LogP contribution in [0.4, 0.5) is 0 Å². The van der Waals surface area contributed by atoms with E-state index in [0.717, 1.165) is 61.1 Å². The number of rotatable bonds is 6. The summed E-state index contributed by atoms with van der Waals surface area (Å²) in [5.74, 6) is 0.817. The molecule has 0 bridgehead atoms. The molecule has 0 spiro atoms. The number of aryl methyl sites for hydroxylation is 2. The Kier molecular flexibility index (Phi) is 8.30. The van der Waals surface area contributed by atoms with Crippen LogP contribution in [0.5, 0.6) is 0 Å². The van der Waals surface area contributed by atoms with Gasteiger partial charge in [0.2, 0.25) is 0 Å². The molecule has 2 N–H and O–H groups in total. The number of guanidine groups is 1. The number of para-hydroxylation sites is 1. The second-order valence-corrected chi connectivity index (χ2v) is 7.42. The number of hydrogen-bond acceptors (Lipinski definition) is 3. The first-order valence-corrected chi connectivity index (χ1v) is 9.78. The van der Waals surface area contributed by atoms with Crippen LogP contribution in [0, 0.1) is 13.8 Å². The van der Waals surface area contributed by atoms with Gasteiger partial charge in [0.1, 0.15) is 0 Å². The van der Waals surface area contributed by atoms with Crippen LogP contribution in [0.2, 0.25) is 0 Å². The summed E-state index contributed by atoms with van der Waals surface area (Å²) in [6.45, 7) is 11.4. The van der Waals surface area contributed by atoms with Gasteiger partial charge in [-0.25, -0.2) is 9.67 Å². The van der Waals surface area contributed by atoms with E-state index in [1.807, 2.05) is 23.7 Å². The highest BCUT2D eigenvalue weighted by molar-refractivity contribution is 14.0. The fourth-order valence-corrected chi connectivity index (χ4v) is 3.48. The Hall–Kier alpha value is -1.61. The van der Waals surface area contributed by atoms with Gasteiger partial charge in [-0.05, 0) is 58.2 Å². The zero-order valence-electron chi connectivity index (χ0n) is 17.3. The molecular formula is C21H32IN5O. The standard InChI is InChI=1S/C21H31N5O.HI/c1-5-22-20(24-15-21(4)11-8-12-27-21)23-14-18-9-6-7-10-19(18)26-17(3)13-16(2)25-26;/h6-7,9-10,13H,5,8,11-12,14-15H2,1-4H3,(H2,22,23,24);1H. The van der Waals surface area contributed by atoms with Crippen molar-refractivity contribution >= 4 is 29.9 Å². The number of benzene rings is 1. The van der Waals surface area contributed by atoms with Crippen LogP contribution in [0.25, 0.3) is 5.69 Å². The number of nitrogens with one attached hydrogen (secondary N) is 2. The maximum atomic E-state index is 5.87. The van der Waals surface area contributed by atoms with Crippen molar-refractivity contribution in [2.75, 3.05) is 19.7 Å².